The lowest BCUT2D eigenvalue weighted by molar-refractivity contribution is -0.152. The van der Waals surface area contributed by atoms with E-state index < -0.39 is 35.2 Å². The smallest absolute Gasteiger partial charge is 0.343 e. The van der Waals surface area contributed by atoms with E-state index in [0.717, 1.165) is 18.4 Å². The van der Waals surface area contributed by atoms with Gasteiger partial charge in [-0.2, -0.15) is 0 Å². The molecule has 39 heavy (non-hydrogen) atoms. The number of esters is 1. The molecule has 7 nitrogen and oxygen atoms in total. The van der Waals surface area contributed by atoms with Crippen LogP contribution in [0.4, 0.5) is 0 Å². The van der Waals surface area contributed by atoms with Crippen molar-refractivity contribution in [3.8, 4) is 0 Å². The van der Waals surface area contributed by atoms with Crippen molar-refractivity contribution in [2.45, 2.75) is 78.9 Å². The van der Waals surface area contributed by atoms with E-state index in [1.165, 1.54) is 25.3 Å². The van der Waals surface area contributed by atoms with Gasteiger partial charge in [-0.1, -0.05) is 51.8 Å². The van der Waals surface area contributed by atoms with Gasteiger partial charge in [0.25, 0.3) is 0 Å². The predicted octanol–water partition coefficient (Wildman–Crippen LogP) is 5.03. The second kappa shape index (κ2) is 11.0. The van der Waals surface area contributed by atoms with E-state index in [-0.39, 0.29) is 29.3 Å². The molecule has 4 rings (SSSR count). The molecule has 0 bridgehead atoms. The lowest BCUT2D eigenvalue weighted by atomic mass is 9.73. The topological polar surface area (TPSA) is 107 Å². The minimum absolute atomic E-state index is 0.0467. The van der Waals surface area contributed by atoms with Crippen molar-refractivity contribution in [1.29, 1.82) is 0 Å². The zero-order valence-corrected chi connectivity index (χ0v) is 23.6. The van der Waals surface area contributed by atoms with Gasteiger partial charge in [-0.15, -0.1) is 0 Å². The van der Waals surface area contributed by atoms with Crippen LogP contribution in [0.5, 0.6) is 0 Å². The number of ether oxygens (including phenoxy) is 2. The maximum atomic E-state index is 13.3. The Hall–Kier alpha value is -3.32. The van der Waals surface area contributed by atoms with Crippen LogP contribution in [0, 0.1) is 23.7 Å². The first kappa shape index (κ1) is 28.7. The number of fused-ring (bicyclic) bond motifs is 3. The summed E-state index contributed by atoms with van der Waals surface area (Å²) in [5, 5.41) is 9.95. The number of carbonyl (C=O) groups excluding carboxylic acids is 4. The first-order valence-electron chi connectivity index (χ1n) is 13.8. The summed E-state index contributed by atoms with van der Waals surface area (Å²) in [5.41, 5.74) is 0.142. The first-order chi connectivity index (χ1) is 18.3. The molecule has 2 aliphatic heterocycles. The normalized spacial score (nSPS) is 30.6. The molecule has 0 amide bonds. The number of hydrogen-bond donors (Lipinski definition) is 1. The summed E-state index contributed by atoms with van der Waals surface area (Å²) >= 11 is 0. The molecular weight excluding hydrogens is 496 g/mol. The average Bonchev–Trinajstić information content (AvgIpc) is 3.13. The van der Waals surface area contributed by atoms with Crippen LogP contribution < -0.4 is 0 Å². The number of aliphatic hydroxyl groups excluding tert-OH is 1. The number of Topliss-reactive ketones (excluding diaryl/α,β-unsaturated/α-hetero) is 1. The standard InChI is InChI=1S/C32H38O7/c1-7-17(2)10-19(4)11-18(3)8-9-24(34)29-30-23-16-38-26(28-20(5)12-22(33)15-25(28)35)13-21(23)14-27(36)32(30,6)39-31(29)37/h8-9,11,13-14,16-17,19-20,22,28,33H,7,10,12,15H2,1-6H3/b9-8+,18-11+/t17-,19+,20-,22+,28+,32+/m0/s1. The van der Waals surface area contributed by atoms with Gasteiger partial charge in [-0.25, -0.2) is 4.79 Å². The summed E-state index contributed by atoms with van der Waals surface area (Å²) in [5.74, 6) is -1.34. The van der Waals surface area contributed by atoms with Crippen molar-refractivity contribution >= 4 is 23.3 Å². The molecule has 1 saturated carbocycles. The van der Waals surface area contributed by atoms with Crippen LogP contribution in [0.1, 0.15) is 67.2 Å². The van der Waals surface area contributed by atoms with E-state index in [9.17, 15) is 24.3 Å². The van der Waals surface area contributed by atoms with Crippen LogP contribution in [0.15, 0.2) is 70.3 Å². The molecule has 208 valence electrons. The predicted molar refractivity (Wildman–Crippen MR) is 146 cm³/mol. The SMILES string of the molecule is CC[C@H](C)C[C@@H](C)/C=C(C)/C=C/C(=O)C1=C2C3=COC([C@H]4C(=O)C[C@H](O)C[C@@H]4C)=CC3=CC(=O)[C@@]2(C)OC1=O. The average molecular weight is 535 g/mol. The lowest BCUT2D eigenvalue weighted by Gasteiger charge is -2.35. The van der Waals surface area contributed by atoms with E-state index in [2.05, 4.69) is 26.8 Å². The molecule has 7 heteroatoms. The molecule has 0 spiro atoms. The molecule has 2 heterocycles. The van der Waals surface area contributed by atoms with E-state index >= 15 is 0 Å². The van der Waals surface area contributed by atoms with Gasteiger partial charge in [-0.05, 0) is 68.2 Å². The van der Waals surface area contributed by atoms with E-state index in [1.807, 2.05) is 13.8 Å². The summed E-state index contributed by atoms with van der Waals surface area (Å²) in [6.45, 7) is 11.8. The third-order valence-corrected chi connectivity index (χ3v) is 8.24. The van der Waals surface area contributed by atoms with Gasteiger partial charge < -0.3 is 14.6 Å². The highest BCUT2D eigenvalue weighted by Gasteiger charge is 2.54. The highest BCUT2D eigenvalue weighted by molar-refractivity contribution is 6.27. The minimum atomic E-state index is -1.63. The van der Waals surface area contributed by atoms with Gasteiger partial charge in [-0.3, -0.25) is 14.4 Å². The molecular formula is C32H38O7. The second-order valence-electron chi connectivity index (χ2n) is 11.7. The highest BCUT2D eigenvalue weighted by atomic mass is 16.6. The summed E-state index contributed by atoms with van der Waals surface area (Å²) in [6, 6.07) is 0. The molecule has 0 aromatic carbocycles. The third-order valence-electron chi connectivity index (χ3n) is 8.24. The number of aliphatic hydroxyl groups is 1. The van der Waals surface area contributed by atoms with Gasteiger partial charge in [0.1, 0.15) is 17.1 Å². The Morgan fingerprint density at radius 2 is 1.92 bits per heavy atom. The molecule has 1 N–H and O–H groups in total. The van der Waals surface area contributed by atoms with Gasteiger partial charge in [0, 0.05) is 17.6 Å². The van der Waals surface area contributed by atoms with Crippen molar-refractivity contribution < 1.29 is 33.8 Å². The van der Waals surface area contributed by atoms with Crippen molar-refractivity contribution in [1.82, 2.24) is 0 Å². The zero-order valence-electron chi connectivity index (χ0n) is 23.6. The van der Waals surface area contributed by atoms with Crippen molar-refractivity contribution in [2.24, 2.45) is 23.7 Å². The minimum Gasteiger partial charge on any atom is -0.468 e. The zero-order chi connectivity index (χ0) is 28.6. The Morgan fingerprint density at radius 1 is 1.21 bits per heavy atom. The van der Waals surface area contributed by atoms with Crippen LogP contribution in [0.3, 0.4) is 0 Å². The van der Waals surface area contributed by atoms with Gasteiger partial charge in [0.2, 0.25) is 5.78 Å². The fourth-order valence-corrected chi connectivity index (χ4v) is 6.07. The van der Waals surface area contributed by atoms with Crippen LogP contribution in [0.2, 0.25) is 0 Å². The maximum Gasteiger partial charge on any atom is 0.343 e. The molecule has 2 aliphatic carbocycles. The molecule has 1 fully saturated rings. The first-order valence-corrected chi connectivity index (χ1v) is 13.8. The van der Waals surface area contributed by atoms with E-state index in [1.54, 1.807) is 12.2 Å². The molecule has 6 atom stereocenters. The van der Waals surface area contributed by atoms with Crippen LogP contribution in [0.25, 0.3) is 0 Å². The Bertz CT molecular complexity index is 1290. The summed E-state index contributed by atoms with van der Waals surface area (Å²) in [4.78, 5) is 52.2. The van der Waals surface area contributed by atoms with Crippen LogP contribution in [-0.4, -0.2) is 40.1 Å². The number of ketones is 3. The molecule has 0 radical (unpaired) electrons. The Balaban J connectivity index is 1.64. The summed E-state index contributed by atoms with van der Waals surface area (Å²) in [7, 11) is 0. The van der Waals surface area contributed by atoms with E-state index in [0.29, 0.717) is 35.2 Å². The number of rotatable bonds is 8. The van der Waals surface area contributed by atoms with Crippen LogP contribution >= 0.6 is 0 Å². The fraction of sp³-hybridized carbons (Fsp3) is 0.500. The molecule has 0 unspecified atom stereocenters. The Labute approximate surface area is 230 Å². The van der Waals surface area contributed by atoms with Gasteiger partial charge in [0.05, 0.1) is 18.3 Å². The molecule has 0 aromatic heterocycles. The second-order valence-corrected chi connectivity index (χ2v) is 11.7. The van der Waals surface area contributed by atoms with Crippen molar-refractivity contribution in [3.05, 3.63) is 70.3 Å². The molecule has 4 aliphatic rings. The Kier molecular flexibility index (Phi) is 8.12. The quantitative estimate of drug-likeness (QED) is 0.202. The van der Waals surface area contributed by atoms with Crippen molar-refractivity contribution in [3.63, 3.8) is 0 Å². The maximum absolute atomic E-state index is 13.3. The van der Waals surface area contributed by atoms with E-state index in [4.69, 9.17) is 9.47 Å². The van der Waals surface area contributed by atoms with Gasteiger partial charge >= 0.3 is 5.97 Å². The highest BCUT2D eigenvalue weighted by Crippen LogP contribution is 2.47. The monoisotopic (exact) mass is 534 g/mol. The lowest BCUT2D eigenvalue weighted by Crippen LogP contribution is -2.41. The number of hydrogen-bond acceptors (Lipinski definition) is 7. The van der Waals surface area contributed by atoms with Crippen molar-refractivity contribution in [2.75, 3.05) is 0 Å². The molecule has 0 aromatic rings. The van der Waals surface area contributed by atoms with Crippen LogP contribution in [-0.2, 0) is 28.7 Å². The summed E-state index contributed by atoms with van der Waals surface area (Å²) < 4.78 is 11.4. The summed E-state index contributed by atoms with van der Waals surface area (Å²) in [6.07, 6.45) is 11.5. The number of allylic oxidation sites excluding steroid dienone is 7. The van der Waals surface area contributed by atoms with Gasteiger partial charge in [0.15, 0.2) is 11.4 Å². The largest absolute Gasteiger partial charge is 0.468 e. The third kappa shape index (κ3) is 5.55. The fourth-order valence-electron chi connectivity index (χ4n) is 6.07. The Morgan fingerprint density at radius 3 is 2.59 bits per heavy atom. The molecule has 0 saturated heterocycles. The number of carbonyl (C=O) groups is 4.